The zero-order chi connectivity index (χ0) is 15.7. The molecule has 0 radical (unpaired) electrons. The van der Waals surface area contributed by atoms with Crippen molar-refractivity contribution in [1.29, 1.82) is 0 Å². The summed E-state index contributed by atoms with van der Waals surface area (Å²) in [5.74, 6) is -1.61. The summed E-state index contributed by atoms with van der Waals surface area (Å²) in [5.41, 5.74) is 3.46. The van der Waals surface area contributed by atoms with Crippen molar-refractivity contribution < 1.29 is 14.7 Å². The molecular weight excluding hydrogens is 268 g/mol. The summed E-state index contributed by atoms with van der Waals surface area (Å²) in [7, 11) is 0. The van der Waals surface area contributed by atoms with Crippen LogP contribution in [-0.2, 0) is 4.79 Å². The van der Waals surface area contributed by atoms with Crippen molar-refractivity contribution in [3.8, 4) is 0 Å². The largest absolute Gasteiger partial charge is 0.480 e. The minimum Gasteiger partial charge on any atom is -0.480 e. The average Bonchev–Trinajstić information content (AvgIpc) is 2.78. The Kier molecular flexibility index (Phi) is 4.02. The van der Waals surface area contributed by atoms with E-state index in [9.17, 15) is 9.59 Å². The molecule has 2 aromatic rings. The lowest BCUT2D eigenvalue weighted by molar-refractivity contribution is -0.140. The lowest BCUT2D eigenvalue weighted by Crippen LogP contribution is -2.44. The van der Waals surface area contributed by atoms with Crippen LogP contribution in [-0.4, -0.2) is 28.0 Å². The van der Waals surface area contributed by atoms with E-state index in [0.29, 0.717) is 5.69 Å². The number of aliphatic carboxylic acids is 1. The molecule has 0 aliphatic heterocycles. The zero-order valence-corrected chi connectivity index (χ0v) is 12.7. The van der Waals surface area contributed by atoms with Gasteiger partial charge in [-0.25, -0.2) is 4.79 Å². The van der Waals surface area contributed by atoms with Crippen molar-refractivity contribution in [2.75, 3.05) is 0 Å². The second-order valence-electron chi connectivity index (χ2n) is 5.76. The Labute approximate surface area is 123 Å². The minimum absolute atomic E-state index is 0.181. The number of carbonyl (C=O) groups is 2. The van der Waals surface area contributed by atoms with Crippen LogP contribution in [0.2, 0.25) is 0 Å². The van der Waals surface area contributed by atoms with Crippen LogP contribution in [0.3, 0.4) is 0 Å². The molecule has 2 rings (SSSR count). The lowest BCUT2D eigenvalue weighted by atomic mass is 10.0. The molecular formula is C16H20N2O3. The number of benzene rings is 1. The van der Waals surface area contributed by atoms with Gasteiger partial charge in [0.15, 0.2) is 0 Å². The van der Waals surface area contributed by atoms with Gasteiger partial charge in [0.2, 0.25) is 0 Å². The summed E-state index contributed by atoms with van der Waals surface area (Å²) >= 11 is 0. The number of H-pyrrole nitrogens is 1. The lowest BCUT2D eigenvalue weighted by Gasteiger charge is -2.17. The number of hydrogen-bond donors (Lipinski definition) is 3. The van der Waals surface area contributed by atoms with Gasteiger partial charge in [-0.05, 0) is 43.0 Å². The molecule has 21 heavy (non-hydrogen) atoms. The molecule has 0 unspecified atom stereocenters. The molecule has 0 aliphatic rings. The van der Waals surface area contributed by atoms with Gasteiger partial charge >= 0.3 is 5.97 Å². The monoisotopic (exact) mass is 288 g/mol. The number of aryl methyl sites for hydroxylation is 2. The first-order valence-electron chi connectivity index (χ1n) is 6.93. The van der Waals surface area contributed by atoms with E-state index in [4.69, 9.17) is 5.11 Å². The number of nitrogens with one attached hydrogen (secondary N) is 2. The van der Waals surface area contributed by atoms with Crippen molar-refractivity contribution in [3.63, 3.8) is 0 Å². The Hall–Kier alpha value is -2.30. The van der Waals surface area contributed by atoms with Crippen LogP contribution in [0.5, 0.6) is 0 Å². The molecule has 1 heterocycles. The highest BCUT2D eigenvalue weighted by Crippen LogP contribution is 2.21. The van der Waals surface area contributed by atoms with Gasteiger partial charge in [0.1, 0.15) is 11.7 Å². The second-order valence-corrected chi connectivity index (χ2v) is 5.76. The van der Waals surface area contributed by atoms with E-state index in [1.165, 1.54) is 0 Å². The van der Waals surface area contributed by atoms with E-state index < -0.39 is 17.9 Å². The highest BCUT2D eigenvalue weighted by atomic mass is 16.4. The molecule has 112 valence electrons. The summed E-state index contributed by atoms with van der Waals surface area (Å²) in [4.78, 5) is 26.4. The Balaban J connectivity index is 2.31. The number of amides is 1. The highest BCUT2D eigenvalue weighted by Gasteiger charge is 2.24. The molecule has 0 saturated carbocycles. The number of rotatable bonds is 4. The van der Waals surface area contributed by atoms with Gasteiger partial charge in [0.25, 0.3) is 5.91 Å². The van der Waals surface area contributed by atoms with E-state index in [0.717, 1.165) is 22.0 Å². The van der Waals surface area contributed by atoms with Gasteiger partial charge < -0.3 is 15.4 Å². The number of hydrogen-bond acceptors (Lipinski definition) is 2. The number of carbonyl (C=O) groups excluding carboxylic acids is 1. The van der Waals surface area contributed by atoms with Crippen LogP contribution in [0, 0.1) is 19.8 Å². The summed E-state index contributed by atoms with van der Waals surface area (Å²) < 4.78 is 0. The van der Waals surface area contributed by atoms with Gasteiger partial charge in [0.05, 0.1) is 0 Å². The molecule has 1 atom stereocenters. The van der Waals surface area contributed by atoms with Crippen LogP contribution in [0.15, 0.2) is 18.2 Å². The summed E-state index contributed by atoms with van der Waals surface area (Å²) in [6.45, 7) is 7.50. The maximum atomic E-state index is 12.2. The molecule has 0 fully saturated rings. The number of carboxylic acids is 1. The van der Waals surface area contributed by atoms with Gasteiger partial charge in [-0.2, -0.15) is 0 Å². The minimum atomic E-state index is -1.03. The fourth-order valence-electron chi connectivity index (χ4n) is 2.45. The third-order valence-electron chi connectivity index (χ3n) is 3.55. The molecule has 0 saturated heterocycles. The zero-order valence-electron chi connectivity index (χ0n) is 12.7. The fourth-order valence-corrected chi connectivity index (χ4v) is 2.45. The van der Waals surface area contributed by atoms with E-state index in [1.54, 1.807) is 19.9 Å². The van der Waals surface area contributed by atoms with E-state index >= 15 is 0 Å². The Morgan fingerprint density at radius 3 is 2.43 bits per heavy atom. The topological polar surface area (TPSA) is 82.2 Å². The van der Waals surface area contributed by atoms with Gasteiger partial charge in [0, 0.05) is 10.9 Å². The summed E-state index contributed by atoms with van der Waals surface area (Å²) in [6, 6.07) is 4.88. The van der Waals surface area contributed by atoms with Crippen molar-refractivity contribution >= 4 is 22.8 Å². The molecule has 5 heteroatoms. The first-order chi connectivity index (χ1) is 9.79. The van der Waals surface area contributed by atoms with Crippen molar-refractivity contribution in [3.05, 3.63) is 35.0 Å². The van der Waals surface area contributed by atoms with Crippen LogP contribution in [0.25, 0.3) is 10.9 Å². The number of carboxylic acid groups (broad SMARTS) is 1. The van der Waals surface area contributed by atoms with E-state index in [2.05, 4.69) is 10.3 Å². The first-order valence-corrected chi connectivity index (χ1v) is 6.93. The Morgan fingerprint density at radius 2 is 1.86 bits per heavy atom. The van der Waals surface area contributed by atoms with Gasteiger partial charge in [-0.15, -0.1) is 0 Å². The Bertz CT molecular complexity index is 701. The summed E-state index contributed by atoms with van der Waals surface area (Å²) in [6.07, 6.45) is 0. The van der Waals surface area contributed by atoms with Crippen LogP contribution < -0.4 is 5.32 Å². The third-order valence-corrected chi connectivity index (χ3v) is 3.55. The molecule has 5 nitrogen and oxygen atoms in total. The van der Waals surface area contributed by atoms with Gasteiger partial charge in [-0.3, -0.25) is 4.79 Å². The van der Waals surface area contributed by atoms with Crippen LogP contribution in [0.1, 0.15) is 35.5 Å². The standard InChI is InChI=1S/C16H20N2O3/c1-8(2)14(16(20)21)18-15(19)13-7-11-10(4)5-9(3)6-12(11)17-13/h5-8,14,17H,1-4H3,(H,18,19)(H,20,21)/t14-/m1/s1. The molecule has 1 aromatic carbocycles. The molecule has 0 bridgehead atoms. The van der Waals surface area contributed by atoms with Gasteiger partial charge in [-0.1, -0.05) is 19.9 Å². The molecule has 1 aromatic heterocycles. The number of aromatic nitrogens is 1. The van der Waals surface area contributed by atoms with E-state index in [1.807, 2.05) is 26.0 Å². The maximum absolute atomic E-state index is 12.2. The molecule has 0 spiro atoms. The number of fused-ring (bicyclic) bond motifs is 1. The van der Waals surface area contributed by atoms with Crippen molar-refractivity contribution in [1.82, 2.24) is 10.3 Å². The normalized spacial score (nSPS) is 12.6. The van der Waals surface area contributed by atoms with Crippen molar-refractivity contribution in [2.24, 2.45) is 5.92 Å². The van der Waals surface area contributed by atoms with Crippen molar-refractivity contribution in [2.45, 2.75) is 33.7 Å². The maximum Gasteiger partial charge on any atom is 0.326 e. The van der Waals surface area contributed by atoms with E-state index in [-0.39, 0.29) is 5.92 Å². The molecule has 3 N–H and O–H groups in total. The Morgan fingerprint density at radius 1 is 1.19 bits per heavy atom. The first kappa shape index (κ1) is 15.1. The average molecular weight is 288 g/mol. The van der Waals surface area contributed by atoms with Crippen LogP contribution >= 0.6 is 0 Å². The molecule has 0 aliphatic carbocycles. The third kappa shape index (κ3) is 3.07. The highest BCUT2D eigenvalue weighted by molar-refractivity contribution is 6.00. The summed E-state index contributed by atoms with van der Waals surface area (Å²) in [5, 5.41) is 12.7. The molecule has 1 amide bonds. The predicted molar refractivity (Wildman–Crippen MR) is 81.5 cm³/mol. The smallest absolute Gasteiger partial charge is 0.326 e. The predicted octanol–water partition coefficient (Wildman–Crippen LogP) is 2.62. The number of aromatic amines is 1. The second kappa shape index (κ2) is 5.60. The SMILES string of the molecule is Cc1cc(C)c2cc(C(=O)N[C@@H](C(=O)O)C(C)C)[nH]c2c1. The fraction of sp³-hybridized carbons (Fsp3) is 0.375. The van der Waals surface area contributed by atoms with Crippen LogP contribution in [0.4, 0.5) is 0 Å². The quantitative estimate of drug-likeness (QED) is 0.808.